The number of aromatic nitrogens is 6. The first kappa shape index (κ1) is 39.7. The van der Waals surface area contributed by atoms with Crippen LogP contribution >= 0.6 is 0 Å². The zero-order valence-electron chi connectivity index (χ0n) is 30.0. The molecule has 0 aliphatic heterocycles. The van der Waals surface area contributed by atoms with Gasteiger partial charge in [-0.1, -0.05) is 34.6 Å². The number of fused-ring (bicyclic) bond motifs is 2. The minimum atomic E-state index is -1.35. The largest absolute Gasteiger partial charge is 1.00 e. The fraction of sp³-hybridized carbons (Fsp3) is 0.135. The standard InChI is InChI=1S/C19H14FN3O4.C18H12FN3O4.Li.H2O/c1-9-4-5-10(2)15-14(9)21-17(26-15)18-22-16(23-27-18)11-6-7-12(13(20)8-11)19(24)25-3;1-8-3-4-9(2)14-13(8)20-16(25-14)17-21-15(22-26-17)10-5-6-11(18(23)24)12(19)7-10;;/h4-8H,1-3H3;3-7H,1-2H3,(H,23,24);;1H2/q;;+1;/p-1. The minimum absolute atomic E-state index is 0. The molecule has 0 fully saturated rings. The van der Waals surface area contributed by atoms with E-state index in [1.54, 1.807) is 0 Å². The van der Waals surface area contributed by atoms with Crippen molar-refractivity contribution in [3.63, 3.8) is 0 Å². The SMILES string of the molecule is COC(=O)c1ccc(-c2noc(-c3nc4c(C)ccc(C)c4o3)n2)cc1F.Cc1ccc(C)c2oc(-c3nc(-c4ccc(C(=O)O)c(F)c4)no3)nc12.[Li+].[OH-]. The summed E-state index contributed by atoms with van der Waals surface area (Å²) >= 11 is 0. The van der Waals surface area contributed by atoms with Crippen LogP contribution in [0.15, 0.2) is 78.5 Å². The van der Waals surface area contributed by atoms with Crippen molar-refractivity contribution in [2.75, 3.05) is 7.11 Å². The van der Waals surface area contributed by atoms with Crippen LogP contribution in [0.1, 0.15) is 43.0 Å². The molecular weight excluding hydrogens is 717 g/mol. The van der Waals surface area contributed by atoms with Gasteiger partial charge in [0.25, 0.3) is 11.8 Å². The van der Waals surface area contributed by atoms with Gasteiger partial charge in [-0.15, -0.1) is 0 Å². The van der Waals surface area contributed by atoms with Gasteiger partial charge in [0, 0.05) is 11.1 Å². The molecule has 55 heavy (non-hydrogen) atoms. The third-order valence-electron chi connectivity index (χ3n) is 8.19. The monoisotopic (exact) mass is 744 g/mol. The Labute approximate surface area is 320 Å². The number of hydrogen-bond donors (Lipinski definition) is 1. The summed E-state index contributed by atoms with van der Waals surface area (Å²) in [5.41, 5.74) is 6.52. The van der Waals surface area contributed by atoms with Crippen molar-refractivity contribution in [1.29, 1.82) is 0 Å². The predicted octanol–water partition coefficient (Wildman–Crippen LogP) is 4.91. The third-order valence-corrected chi connectivity index (χ3v) is 8.19. The molecule has 18 heteroatoms. The van der Waals surface area contributed by atoms with Gasteiger partial charge in [-0.2, -0.15) is 9.97 Å². The first-order valence-corrected chi connectivity index (χ1v) is 15.7. The van der Waals surface area contributed by atoms with Crippen LogP contribution in [0.2, 0.25) is 0 Å². The van der Waals surface area contributed by atoms with Gasteiger partial charge in [-0.25, -0.2) is 28.3 Å². The van der Waals surface area contributed by atoms with Crippen LogP contribution in [0.5, 0.6) is 0 Å². The smallest absolute Gasteiger partial charge is 0.870 e. The van der Waals surface area contributed by atoms with E-state index in [0.717, 1.165) is 46.0 Å². The topological polar surface area (TPSA) is 223 Å². The quantitative estimate of drug-likeness (QED) is 0.176. The van der Waals surface area contributed by atoms with Crippen LogP contribution in [-0.2, 0) is 4.74 Å². The van der Waals surface area contributed by atoms with Crippen LogP contribution in [0.25, 0.3) is 68.5 Å². The second-order valence-electron chi connectivity index (χ2n) is 11.8. The molecule has 4 heterocycles. The number of benzene rings is 4. The number of carboxylic acids is 1. The molecule has 274 valence electrons. The van der Waals surface area contributed by atoms with Gasteiger partial charge >= 0.3 is 42.6 Å². The fourth-order valence-electron chi connectivity index (χ4n) is 5.31. The number of carbonyl (C=O) groups is 2. The van der Waals surface area contributed by atoms with Crippen molar-refractivity contribution in [3.8, 4) is 46.3 Å². The minimum Gasteiger partial charge on any atom is -0.870 e. The maximum Gasteiger partial charge on any atom is 1.00 e. The zero-order valence-corrected chi connectivity index (χ0v) is 30.0. The number of aromatic carboxylic acids is 1. The molecule has 0 bridgehead atoms. The first-order chi connectivity index (χ1) is 25.4. The number of hydrogen-bond acceptors (Lipinski definition) is 14. The number of halogens is 2. The van der Waals surface area contributed by atoms with E-state index >= 15 is 0 Å². The number of carboxylic acid groups (broad SMARTS) is 1. The number of nitrogens with zero attached hydrogens (tertiary/aromatic N) is 6. The summed E-state index contributed by atoms with van der Waals surface area (Å²) in [7, 11) is 1.19. The van der Waals surface area contributed by atoms with Crippen molar-refractivity contribution in [3.05, 3.63) is 106 Å². The first-order valence-electron chi connectivity index (χ1n) is 15.7. The maximum atomic E-state index is 14.1. The summed E-state index contributed by atoms with van der Waals surface area (Å²) in [5, 5.41) is 16.5. The molecule has 0 radical (unpaired) electrons. The van der Waals surface area contributed by atoms with E-state index < -0.39 is 29.1 Å². The molecule has 0 unspecified atom stereocenters. The summed E-state index contributed by atoms with van der Waals surface area (Å²) in [5.74, 6) is -2.98. The van der Waals surface area contributed by atoms with E-state index in [1.165, 1.54) is 25.3 Å². The molecule has 8 rings (SSSR count). The van der Waals surface area contributed by atoms with E-state index in [4.69, 9.17) is 23.0 Å². The van der Waals surface area contributed by atoms with E-state index in [0.29, 0.717) is 22.2 Å². The summed E-state index contributed by atoms with van der Waals surface area (Å²) < 4.78 is 54.4. The molecule has 8 aromatic rings. The van der Waals surface area contributed by atoms with Gasteiger partial charge in [0.1, 0.15) is 22.7 Å². The average molecular weight is 745 g/mol. The van der Waals surface area contributed by atoms with Gasteiger partial charge in [0.05, 0.1) is 18.2 Å². The van der Waals surface area contributed by atoms with Crippen molar-refractivity contribution in [2.24, 2.45) is 0 Å². The van der Waals surface area contributed by atoms with Crippen LogP contribution in [-0.4, -0.2) is 59.9 Å². The molecule has 15 nitrogen and oxygen atoms in total. The number of carbonyl (C=O) groups excluding carboxylic acids is 1. The second kappa shape index (κ2) is 15.8. The molecule has 0 spiro atoms. The summed E-state index contributed by atoms with van der Waals surface area (Å²) in [6.45, 7) is 7.67. The Morgan fingerprint density at radius 2 is 1.04 bits per heavy atom. The van der Waals surface area contributed by atoms with E-state index in [-0.39, 0.29) is 70.7 Å². The molecule has 0 amide bonds. The molecule has 4 aromatic heterocycles. The summed E-state index contributed by atoms with van der Waals surface area (Å²) in [6.07, 6.45) is 0. The number of aryl methyl sites for hydroxylation is 4. The Hall–Kier alpha value is -6.54. The fourth-order valence-corrected chi connectivity index (χ4v) is 5.31. The molecule has 0 atom stereocenters. The molecule has 0 saturated heterocycles. The summed E-state index contributed by atoms with van der Waals surface area (Å²) in [6, 6.07) is 15.3. The normalized spacial score (nSPS) is 10.7. The molecular formula is C37H27F2LiN6O9. The Morgan fingerprint density at radius 1 is 0.618 bits per heavy atom. The summed E-state index contributed by atoms with van der Waals surface area (Å²) in [4.78, 5) is 39.6. The van der Waals surface area contributed by atoms with Gasteiger partial charge in [-0.3, -0.25) is 0 Å². The third kappa shape index (κ3) is 7.62. The number of rotatable bonds is 6. The van der Waals surface area contributed by atoms with Crippen molar-refractivity contribution in [1.82, 2.24) is 30.2 Å². The number of esters is 1. The van der Waals surface area contributed by atoms with Crippen LogP contribution in [0.3, 0.4) is 0 Å². The predicted molar refractivity (Wildman–Crippen MR) is 185 cm³/mol. The Morgan fingerprint density at radius 3 is 1.42 bits per heavy atom. The van der Waals surface area contributed by atoms with Crippen LogP contribution in [0.4, 0.5) is 8.78 Å². The Kier molecular flexibility index (Phi) is 11.4. The Balaban J connectivity index is 0.000000204. The van der Waals surface area contributed by atoms with Crippen molar-refractivity contribution < 1.29 is 70.4 Å². The molecule has 0 saturated carbocycles. The second-order valence-corrected chi connectivity index (χ2v) is 11.8. The molecule has 2 N–H and O–H groups in total. The average Bonchev–Trinajstić information content (AvgIpc) is 3.97. The number of methoxy groups -OCH3 is 1. The molecule has 4 aromatic carbocycles. The Bertz CT molecular complexity index is 2640. The van der Waals surface area contributed by atoms with Crippen LogP contribution < -0.4 is 18.9 Å². The van der Waals surface area contributed by atoms with E-state index in [1.807, 2.05) is 52.0 Å². The number of ether oxygens (including phenoxy) is 1. The van der Waals surface area contributed by atoms with Crippen molar-refractivity contribution >= 4 is 34.1 Å². The van der Waals surface area contributed by atoms with Gasteiger partial charge in [-0.05, 0) is 86.3 Å². The maximum absolute atomic E-state index is 14.1. The zero-order chi connectivity index (χ0) is 37.6. The molecule has 0 aliphatic rings. The van der Waals surface area contributed by atoms with E-state index in [2.05, 4.69) is 35.0 Å². The molecule has 0 aliphatic carbocycles. The van der Waals surface area contributed by atoms with Gasteiger partial charge in [0.15, 0.2) is 11.2 Å². The van der Waals surface area contributed by atoms with Crippen molar-refractivity contribution in [2.45, 2.75) is 27.7 Å². The number of oxazole rings is 2. The van der Waals surface area contributed by atoms with Gasteiger partial charge < -0.3 is 33.2 Å². The van der Waals surface area contributed by atoms with E-state index in [9.17, 15) is 18.4 Å². The van der Waals surface area contributed by atoms with Crippen LogP contribution in [0, 0.1) is 39.3 Å². The van der Waals surface area contributed by atoms with Gasteiger partial charge in [0.2, 0.25) is 11.6 Å².